The number of hydrogen-bond donors (Lipinski definition) is 2. The minimum atomic E-state index is -4.54. The van der Waals surface area contributed by atoms with Gasteiger partial charge in [-0.05, 0) is 44.0 Å². The smallest absolute Gasteiger partial charge is 0.422 e. The third-order valence-corrected chi connectivity index (χ3v) is 3.55. The Morgan fingerprint density at radius 2 is 2.17 bits per heavy atom. The maximum atomic E-state index is 13.2. The van der Waals surface area contributed by atoms with Crippen LogP contribution in [-0.4, -0.2) is 31.8 Å². The molecule has 1 heterocycles. The molecule has 1 saturated heterocycles. The summed E-state index contributed by atoms with van der Waals surface area (Å²) in [5.74, 6) is -0.981. The van der Waals surface area contributed by atoms with Crippen LogP contribution in [0.4, 0.5) is 23.2 Å². The largest absolute Gasteiger partial charge is 0.482 e. The molecule has 4 nitrogen and oxygen atoms in total. The van der Waals surface area contributed by atoms with Gasteiger partial charge in [0, 0.05) is 12.5 Å². The van der Waals surface area contributed by atoms with E-state index < -0.39 is 18.6 Å². The molecule has 0 spiro atoms. The second kappa shape index (κ2) is 7.63. The van der Waals surface area contributed by atoms with Crippen molar-refractivity contribution in [3.8, 4) is 5.75 Å². The number of nitrogens with one attached hydrogen (secondary N) is 2. The Hall–Kier alpha value is -1.83. The Morgan fingerprint density at radius 1 is 1.39 bits per heavy atom. The summed E-state index contributed by atoms with van der Waals surface area (Å²) in [4.78, 5) is 11.9. The normalized spacial score (nSPS) is 18.0. The maximum absolute atomic E-state index is 13.2. The molecule has 1 fully saturated rings. The molecule has 2 rings (SSSR count). The molecular formula is C15H18F4N2O2. The fraction of sp³-hybridized carbons (Fsp3) is 0.533. The second-order valence-corrected chi connectivity index (χ2v) is 5.49. The first kappa shape index (κ1) is 17.5. The molecule has 1 amide bonds. The Kier molecular flexibility index (Phi) is 5.81. The summed E-state index contributed by atoms with van der Waals surface area (Å²) >= 11 is 0. The van der Waals surface area contributed by atoms with Gasteiger partial charge >= 0.3 is 6.18 Å². The number of anilines is 1. The number of amides is 1. The SMILES string of the molecule is O=C(CCC1CCNC1)Nc1ccc(F)cc1OCC(F)(F)F. The van der Waals surface area contributed by atoms with Crippen molar-refractivity contribution in [3.05, 3.63) is 24.0 Å². The van der Waals surface area contributed by atoms with Crippen LogP contribution in [-0.2, 0) is 4.79 Å². The van der Waals surface area contributed by atoms with Gasteiger partial charge in [0.15, 0.2) is 6.61 Å². The molecule has 0 aliphatic carbocycles. The van der Waals surface area contributed by atoms with Crippen molar-refractivity contribution in [1.29, 1.82) is 0 Å². The highest BCUT2D eigenvalue weighted by Gasteiger charge is 2.29. The first-order chi connectivity index (χ1) is 10.8. The number of hydrogen-bond acceptors (Lipinski definition) is 3. The molecule has 1 aliphatic heterocycles. The summed E-state index contributed by atoms with van der Waals surface area (Å²) in [7, 11) is 0. The molecule has 0 aromatic heterocycles. The molecule has 1 aliphatic rings. The van der Waals surface area contributed by atoms with Crippen molar-refractivity contribution < 1.29 is 27.1 Å². The molecular weight excluding hydrogens is 316 g/mol. The van der Waals surface area contributed by atoms with Crippen molar-refractivity contribution in [1.82, 2.24) is 5.32 Å². The zero-order valence-corrected chi connectivity index (χ0v) is 12.4. The van der Waals surface area contributed by atoms with E-state index in [0.29, 0.717) is 12.3 Å². The molecule has 128 valence electrons. The Bertz CT molecular complexity index is 543. The van der Waals surface area contributed by atoms with Crippen molar-refractivity contribution in [2.24, 2.45) is 5.92 Å². The standard InChI is InChI=1S/C15H18F4N2O2/c16-11-2-3-12(13(7-11)23-9-15(17,18)19)21-14(22)4-1-10-5-6-20-8-10/h2-3,7,10,20H,1,4-6,8-9H2,(H,21,22). The van der Waals surface area contributed by atoms with Gasteiger partial charge in [0.2, 0.25) is 5.91 Å². The lowest BCUT2D eigenvalue weighted by molar-refractivity contribution is -0.153. The Morgan fingerprint density at radius 3 is 2.83 bits per heavy atom. The van der Waals surface area contributed by atoms with Crippen LogP contribution in [0.25, 0.3) is 0 Å². The molecule has 2 N–H and O–H groups in total. The van der Waals surface area contributed by atoms with Gasteiger partial charge in [-0.2, -0.15) is 13.2 Å². The highest BCUT2D eigenvalue weighted by Crippen LogP contribution is 2.28. The summed E-state index contributed by atoms with van der Waals surface area (Å²) in [5, 5.41) is 5.67. The quantitative estimate of drug-likeness (QED) is 0.786. The van der Waals surface area contributed by atoms with E-state index in [1.54, 1.807) is 0 Å². The van der Waals surface area contributed by atoms with Crippen molar-refractivity contribution in [2.45, 2.75) is 25.4 Å². The van der Waals surface area contributed by atoms with Crippen LogP contribution in [0.1, 0.15) is 19.3 Å². The lowest BCUT2D eigenvalue weighted by Gasteiger charge is -2.14. The van der Waals surface area contributed by atoms with E-state index >= 15 is 0 Å². The van der Waals surface area contributed by atoms with Gasteiger partial charge in [-0.1, -0.05) is 0 Å². The lowest BCUT2D eigenvalue weighted by Crippen LogP contribution is -2.20. The van der Waals surface area contributed by atoms with Crippen LogP contribution in [0, 0.1) is 11.7 Å². The zero-order valence-electron chi connectivity index (χ0n) is 12.4. The van der Waals surface area contributed by atoms with Gasteiger partial charge in [0.1, 0.15) is 11.6 Å². The number of alkyl halides is 3. The summed E-state index contributed by atoms with van der Waals surface area (Å²) in [6, 6.07) is 3.06. The first-order valence-electron chi connectivity index (χ1n) is 7.33. The third-order valence-electron chi connectivity index (χ3n) is 3.55. The van der Waals surface area contributed by atoms with E-state index in [2.05, 4.69) is 15.4 Å². The Labute approximate surface area is 131 Å². The van der Waals surface area contributed by atoms with E-state index in [0.717, 1.165) is 31.6 Å². The number of benzene rings is 1. The van der Waals surface area contributed by atoms with Crippen LogP contribution in [0.2, 0.25) is 0 Å². The van der Waals surface area contributed by atoms with Crippen LogP contribution in [0.15, 0.2) is 18.2 Å². The fourth-order valence-corrected chi connectivity index (χ4v) is 2.39. The van der Waals surface area contributed by atoms with Gasteiger partial charge in [0.25, 0.3) is 0 Å². The molecule has 1 atom stereocenters. The van der Waals surface area contributed by atoms with Gasteiger partial charge in [0.05, 0.1) is 5.69 Å². The summed E-state index contributed by atoms with van der Waals surface area (Å²) in [6.07, 6.45) is -2.59. The van der Waals surface area contributed by atoms with E-state index in [1.807, 2.05) is 0 Å². The predicted molar refractivity (Wildman–Crippen MR) is 76.8 cm³/mol. The number of ether oxygens (including phenoxy) is 1. The number of carbonyl (C=O) groups excluding carboxylic acids is 1. The molecule has 23 heavy (non-hydrogen) atoms. The van der Waals surface area contributed by atoms with Crippen LogP contribution >= 0.6 is 0 Å². The summed E-state index contributed by atoms with van der Waals surface area (Å²) in [5.41, 5.74) is 0.0326. The van der Waals surface area contributed by atoms with Gasteiger partial charge in [-0.25, -0.2) is 4.39 Å². The van der Waals surface area contributed by atoms with Crippen LogP contribution in [0.3, 0.4) is 0 Å². The molecule has 1 unspecified atom stereocenters. The van der Waals surface area contributed by atoms with Crippen molar-refractivity contribution in [2.75, 3.05) is 25.0 Å². The van der Waals surface area contributed by atoms with E-state index in [1.165, 1.54) is 6.07 Å². The maximum Gasteiger partial charge on any atom is 0.422 e. The highest BCUT2D eigenvalue weighted by molar-refractivity contribution is 5.92. The Balaban J connectivity index is 1.93. The average molecular weight is 334 g/mol. The molecule has 0 bridgehead atoms. The molecule has 0 saturated carbocycles. The predicted octanol–water partition coefficient (Wildman–Crippen LogP) is 3.10. The highest BCUT2D eigenvalue weighted by atomic mass is 19.4. The monoisotopic (exact) mass is 334 g/mol. The summed E-state index contributed by atoms with van der Waals surface area (Å²) in [6.45, 7) is 0.247. The molecule has 1 aromatic carbocycles. The van der Waals surface area contributed by atoms with E-state index in [9.17, 15) is 22.4 Å². The van der Waals surface area contributed by atoms with Crippen LogP contribution < -0.4 is 15.4 Å². The number of halogens is 4. The molecule has 1 aromatic rings. The number of rotatable bonds is 6. The van der Waals surface area contributed by atoms with Gasteiger partial charge in [-0.15, -0.1) is 0 Å². The zero-order chi connectivity index (χ0) is 16.9. The molecule has 0 radical (unpaired) electrons. The van der Waals surface area contributed by atoms with Gasteiger partial charge in [-0.3, -0.25) is 4.79 Å². The number of carbonyl (C=O) groups is 1. The topological polar surface area (TPSA) is 50.4 Å². The summed E-state index contributed by atoms with van der Waals surface area (Å²) < 4.78 is 54.4. The van der Waals surface area contributed by atoms with Crippen molar-refractivity contribution >= 4 is 11.6 Å². The van der Waals surface area contributed by atoms with E-state index in [-0.39, 0.29) is 23.8 Å². The second-order valence-electron chi connectivity index (χ2n) is 5.49. The minimum Gasteiger partial charge on any atom is -0.482 e. The van der Waals surface area contributed by atoms with E-state index in [4.69, 9.17) is 0 Å². The van der Waals surface area contributed by atoms with Crippen molar-refractivity contribution in [3.63, 3.8) is 0 Å². The third kappa shape index (κ3) is 6.05. The van der Waals surface area contributed by atoms with Gasteiger partial charge < -0.3 is 15.4 Å². The fourth-order valence-electron chi connectivity index (χ4n) is 2.39. The minimum absolute atomic E-state index is 0.0326. The average Bonchev–Trinajstić information content (AvgIpc) is 2.98. The molecule has 8 heteroatoms. The lowest BCUT2D eigenvalue weighted by atomic mass is 10.0. The van der Waals surface area contributed by atoms with Crippen LogP contribution in [0.5, 0.6) is 5.75 Å². The first-order valence-corrected chi connectivity index (χ1v) is 7.33.